The van der Waals surface area contributed by atoms with Crippen molar-refractivity contribution in [3.05, 3.63) is 24.3 Å². The molecule has 0 atom stereocenters. The predicted molar refractivity (Wildman–Crippen MR) is 110 cm³/mol. The van der Waals surface area contributed by atoms with Crippen molar-refractivity contribution in [2.75, 3.05) is 29.4 Å². The third-order valence-corrected chi connectivity index (χ3v) is 5.80. The van der Waals surface area contributed by atoms with Crippen LogP contribution in [0, 0.1) is 0 Å². The lowest BCUT2D eigenvalue weighted by molar-refractivity contribution is -0.121. The predicted octanol–water partition coefficient (Wildman–Crippen LogP) is 3.87. The van der Waals surface area contributed by atoms with Crippen molar-refractivity contribution < 1.29 is 9.59 Å². The quantitative estimate of drug-likeness (QED) is 0.773. The second-order valence-electron chi connectivity index (χ2n) is 7.89. The van der Waals surface area contributed by atoms with Crippen molar-refractivity contribution in [1.82, 2.24) is 5.32 Å². The number of amides is 2. The molecule has 1 aromatic carbocycles. The first-order chi connectivity index (χ1) is 13.1. The van der Waals surface area contributed by atoms with Gasteiger partial charge in [0.2, 0.25) is 11.8 Å². The highest BCUT2D eigenvalue weighted by Gasteiger charge is 2.18. The van der Waals surface area contributed by atoms with Gasteiger partial charge in [0.25, 0.3) is 0 Å². The Labute approximate surface area is 163 Å². The maximum absolute atomic E-state index is 12.4. The van der Waals surface area contributed by atoms with E-state index in [0.717, 1.165) is 31.6 Å². The first-order valence-electron chi connectivity index (χ1n) is 10.6. The van der Waals surface area contributed by atoms with Gasteiger partial charge in [-0.25, -0.2) is 0 Å². The van der Waals surface area contributed by atoms with Crippen LogP contribution in [-0.2, 0) is 9.59 Å². The van der Waals surface area contributed by atoms with E-state index >= 15 is 0 Å². The summed E-state index contributed by atoms with van der Waals surface area (Å²) >= 11 is 0. The summed E-state index contributed by atoms with van der Waals surface area (Å²) in [7, 11) is 0. The first kappa shape index (κ1) is 19.7. The number of hydrogen-bond acceptors (Lipinski definition) is 3. The van der Waals surface area contributed by atoms with Crippen molar-refractivity contribution in [1.29, 1.82) is 0 Å². The Morgan fingerprint density at radius 1 is 1.00 bits per heavy atom. The van der Waals surface area contributed by atoms with Crippen LogP contribution in [-0.4, -0.2) is 37.5 Å². The maximum atomic E-state index is 12.4. The molecule has 0 aromatic heterocycles. The van der Waals surface area contributed by atoms with Crippen molar-refractivity contribution in [3.8, 4) is 0 Å². The Hall–Kier alpha value is -2.04. The number of hydrogen-bond donors (Lipinski definition) is 1. The summed E-state index contributed by atoms with van der Waals surface area (Å²) < 4.78 is 0. The number of carbonyl (C=O) groups excluding carboxylic acids is 2. The van der Waals surface area contributed by atoms with Gasteiger partial charge in [-0.3, -0.25) is 9.59 Å². The van der Waals surface area contributed by atoms with Crippen LogP contribution < -0.4 is 15.1 Å². The van der Waals surface area contributed by atoms with Crippen molar-refractivity contribution >= 4 is 23.2 Å². The zero-order valence-electron chi connectivity index (χ0n) is 16.6. The fourth-order valence-corrected chi connectivity index (χ4v) is 4.22. The van der Waals surface area contributed by atoms with Crippen LogP contribution in [0.1, 0.15) is 64.7 Å². The van der Waals surface area contributed by atoms with E-state index in [0.29, 0.717) is 19.0 Å². The second kappa shape index (κ2) is 9.77. The minimum absolute atomic E-state index is 0.0220. The largest absolute Gasteiger partial charge is 0.372 e. The first-order valence-corrected chi connectivity index (χ1v) is 10.6. The average molecular weight is 372 g/mol. The molecule has 1 heterocycles. The topological polar surface area (TPSA) is 52.7 Å². The molecular weight excluding hydrogens is 338 g/mol. The lowest BCUT2D eigenvalue weighted by Gasteiger charge is -2.24. The van der Waals surface area contributed by atoms with Gasteiger partial charge in [-0.15, -0.1) is 0 Å². The molecule has 148 valence electrons. The van der Waals surface area contributed by atoms with Crippen molar-refractivity contribution in [2.24, 2.45) is 0 Å². The van der Waals surface area contributed by atoms with E-state index in [4.69, 9.17) is 0 Å². The average Bonchev–Trinajstić information content (AvgIpc) is 3.08. The molecule has 1 N–H and O–H groups in total. The summed E-state index contributed by atoms with van der Waals surface area (Å²) in [6.07, 6.45) is 9.97. The van der Waals surface area contributed by atoms with Gasteiger partial charge in [-0.05, 0) is 49.9 Å². The summed E-state index contributed by atoms with van der Waals surface area (Å²) in [5.41, 5.74) is 2.08. The minimum atomic E-state index is -0.0220. The summed E-state index contributed by atoms with van der Waals surface area (Å²) in [5, 5.41) is 3.17. The standard InChI is InChI=1S/C22H33N3O2/c1-18(26)25(17-14-22(27)23-19-8-4-2-3-5-9-19)21-12-10-20(11-13-21)24-15-6-7-16-24/h10-13,19H,2-9,14-17H2,1H3,(H,23,27). The summed E-state index contributed by atoms with van der Waals surface area (Å²) in [4.78, 5) is 28.6. The van der Waals surface area contributed by atoms with Gasteiger partial charge in [-0.1, -0.05) is 25.7 Å². The van der Waals surface area contributed by atoms with Crippen LogP contribution in [0.3, 0.4) is 0 Å². The van der Waals surface area contributed by atoms with Gasteiger partial charge in [-0.2, -0.15) is 0 Å². The summed E-state index contributed by atoms with van der Waals surface area (Å²) in [6, 6.07) is 8.48. The van der Waals surface area contributed by atoms with Crippen LogP contribution in [0.4, 0.5) is 11.4 Å². The Bertz CT molecular complexity index is 615. The molecule has 1 saturated heterocycles. The van der Waals surface area contributed by atoms with E-state index in [9.17, 15) is 9.59 Å². The number of benzene rings is 1. The number of carbonyl (C=O) groups is 2. The summed E-state index contributed by atoms with van der Waals surface area (Å²) in [6.45, 7) is 4.21. The normalized spacial score (nSPS) is 18.2. The molecule has 1 aliphatic carbocycles. The van der Waals surface area contributed by atoms with Gasteiger partial charge in [0.05, 0.1) is 0 Å². The van der Waals surface area contributed by atoms with Gasteiger partial charge in [0.15, 0.2) is 0 Å². The van der Waals surface area contributed by atoms with Crippen LogP contribution in [0.5, 0.6) is 0 Å². The monoisotopic (exact) mass is 371 g/mol. The smallest absolute Gasteiger partial charge is 0.223 e. The molecule has 1 aliphatic heterocycles. The van der Waals surface area contributed by atoms with E-state index in [-0.39, 0.29) is 11.8 Å². The lowest BCUT2D eigenvalue weighted by atomic mass is 10.1. The molecule has 1 aromatic rings. The highest BCUT2D eigenvalue weighted by Crippen LogP contribution is 2.24. The molecule has 2 aliphatic rings. The molecule has 0 spiro atoms. The van der Waals surface area contributed by atoms with Crippen molar-refractivity contribution in [3.63, 3.8) is 0 Å². The third kappa shape index (κ3) is 5.72. The molecule has 0 unspecified atom stereocenters. The number of nitrogens with zero attached hydrogens (tertiary/aromatic N) is 2. The highest BCUT2D eigenvalue weighted by atomic mass is 16.2. The maximum Gasteiger partial charge on any atom is 0.223 e. The summed E-state index contributed by atoms with van der Waals surface area (Å²) in [5.74, 6) is 0.0352. The zero-order chi connectivity index (χ0) is 19.1. The van der Waals surface area contributed by atoms with Gasteiger partial charge >= 0.3 is 0 Å². The second-order valence-corrected chi connectivity index (χ2v) is 7.89. The molecule has 2 amide bonds. The molecule has 27 heavy (non-hydrogen) atoms. The van der Waals surface area contributed by atoms with E-state index in [1.54, 1.807) is 11.8 Å². The molecule has 0 radical (unpaired) electrons. The Morgan fingerprint density at radius 3 is 2.22 bits per heavy atom. The van der Waals surface area contributed by atoms with E-state index < -0.39 is 0 Å². The zero-order valence-corrected chi connectivity index (χ0v) is 16.6. The van der Waals surface area contributed by atoms with E-state index in [1.165, 1.54) is 44.2 Å². The van der Waals surface area contributed by atoms with Crippen LogP contribution in [0.15, 0.2) is 24.3 Å². The Kier molecular flexibility index (Phi) is 7.13. The molecule has 3 rings (SSSR count). The molecule has 0 bridgehead atoms. The Balaban J connectivity index is 1.53. The van der Waals surface area contributed by atoms with Gasteiger partial charge < -0.3 is 15.1 Å². The molecule has 1 saturated carbocycles. The van der Waals surface area contributed by atoms with Crippen LogP contribution in [0.2, 0.25) is 0 Å². The van der Waals surface area contributed by atoms with Gasteiger partial charge in [0.1, 0.15) is 0 Å². The molecular formula is C22H33N3O2. The lowest BCUT2D eigenvalue weighted by Crippen LogP contribution is -2.38. The molecule has 5 heteroatoms. The number of anilines is 2. The number of rotatable bonds is 6. The molecule has 5 nitrogen and oxygen atoms in total. The van der Waals surface area contributed by atoms with Crippen LogP contribution in [0.25, 0.3) is 0 Å². The van der Waals surface area contributed by atoms with Gasteiger partial charge in [0, 0.05) is 50.4 Å². The fraction of sp³-hybridized carbons (Fsp3) is 0.636. The minimum Gasteiger partial charge on any atom is -0.372 e. The third-order valence-electron chi connectivity index (χ3n) is 5.80. The van der Waals surface area contributed by atoms with Crippen LogP contribution >= 0.6 is 0 Å². The fourth-order valence-electron chi connectivity index (χ4n) is 4.22. The van der Waals surface area contributed by atoms with E-state index in [2.05, 4.69) is 22.3 Å². The van der Waals surface area contributed by atoms with E-state index in [1.807, 2.05) is 12.1 Å². The SMILES string of the molecule is CC(=O)N(CCC(=O)NC1CCCCCC1)c1ccc(N2CCCC2)cc1. The highest BCUT2D eigenvalue weighted by molar-refractivity contribution is 5.92. The molecule has 2 fully saturated rings. The van der Waals surface area contributed by atoms with Crippen molar-refractivity contribution in [2.45, 2.75) is 70.8 Å². The number of nitrogens with one attached hydrogen (secondary N) is 1. The Morgan fingerprint density at radius 2 is 1.63 bits per heavy atom.